The normalized spacial score (nSPS) is 20.4. The lowest BCUT2D eigenvalue weighted by molar-refractivity contribution is 0.0614. The molecule has 1 fully saturated rings. The highest BCUT2D eigenvalue weighted by Gasteiger charge is 2.24. The average Bonchev–Trinajstić information content (AvgIpc) is 2.39. The van der Waals surface area contributed by atoms with Gasteiger partial charge in [-0.25, -0.2) is 9.97 Å². The smallest absolute Gasteiger partial charge is 0.274 e. The Morgan fingerprint density at radius 1 is 1.53 bits per heavy atom. The molecule has 2 heterocycles. The number of likely N-dealkylation sites (tertiary alicyclic amines) is 1. The number of aliphatic hydroxyl groups excluding tert-OH is 1. The fraction of sp³-hybridized carbons (Fsp3) is 0.545. The molecule has 1 aliphatic rings. The molecule has 1 unspecified atom stereocenters. The van der Waals surface area contributed by atoms with E-state index in [1.54, 1.807) is 4.90 Å². The summed E-state index contributed by atoms with van der Waals surface area (Å²) in [6, 6.07) is 0. The zero-order chi connectivity index (χ0) is 12.3. The molecule has 1 N–H and O–H groups in total. The number of rotatable bonds is 2. The van der Waals surface area contributed by atoms with Gasteiger partial charge >= 0.3 is 0 Å². The van der Waals surface area contributed by atoms with Crippen molar-refractivity contribution in [2.75, 3.05) is 19.7 Å². The average molecular weight is 256 g/mol. The molecule has 0 spiro atoms. The standard InChI is InChI=1S/C11H14ClN3O2/c12-10-5-13-9(4-14-10)11(17)15-3-1-2-8(6-15)7-16/h4-5,8,16H,1-3,6-7H2. The predicted molar refractivity (Wildman–Crippen MR) is 62.8 cm³/mol. The molecule has 1 aromatic rings. The Kier molecular flexibility index (Phi) is 3.91. The van der Waals surface area contributed by atoms with Crippen molar-refractivity contribution in [2.24, 2.45) is 5.92 Å². The quantitative estimate of drug-likeness (QED) is 0.855. The van der Waals surface area contributed by atoms with Crippen LogP contribution in [0.2, 0.25) is 5.15 Å². The predicted octanol–water partition coefficient (Wildman–Crippen LogP) is 0.974. The maximum absolute atomic E-state index is 12.1. The van der Waals surface area contributed by atoms with Crippen molar-refractivity contribution >= 4 is 17.5 Å². The highest BCUT2D eigenvalue weighted by Crippen LogP contribution is 2.17. The second-order valence-electron chi connectivity index (χ2n) is 4.17. The number of hydrogen-bond donors (Lipinski definition) is 1. The molecule has 0 saturated carbocycles. The van der Waals surface area contributed by atoms with Crippen LogP contribution in [0.4, 0.5) is 0 Å². The Balaban J connectivity index is 2.06. The van der Waals surface area contributed by atoms with Crippen molar-refractivity contribution in [1.82, 2.24) is 14.9 Å². The molecule has 2 rings (SSSR count). The molecule has 0 radical (unpaired) electrons. The van der Waals surface area contributed by atoms with E-state index >= 15 is 0 Å². The van der Waals surface area contributed by atoms with Gasteiger partial charge in [0.25, 0.3) is 5.91 Å². The summed E-state index contributed by atoms with van der Waals surface area (Å²) >= 11 is 5.62. The lowest BCUT2D eigenvalue weighted by atomic mass is 9.99. The van der Waals surface area contributed by atoms with Crippen LogP contribution >= 0.6 is 11.6 Å². The van der Waals surface area contributed by atoms with Gasteiger partial charge in [-0.3, -0.25) is 4.79 Å². The Morgan fingerprint density at radius 3 is 3.00 bits per heavy atom. The topological polar surface area (TPSA) is 66.3 Å². The number of aliphatic hydroxyl groups is 1. The number of carbonyl (C=O) groups is 1. The highest BCUT2D eigenvalue weighted by molar-refractivity contribution is 6.29. The summed E-state index contributed by atoms with van der Waals surface area (Å²) in [6.07, 6.45) is 4.63. The molecule has 5 nitrogen and oxygen atoms in total. The number of hydrogen-bond acceptors (Lipinski definition) is 4. The third-order valence-corrected chi connectivity index (χ3v) is 3.10. The van der Waals surface area contributed by atoms with E-state index < -0.39 is 0 Å². The molecule has 1 saturated heterocycles. The van der Waals surface area contributed by atoms with E-state index in [2.05, 4.69) is 9.97 Å². The molecule has 0 bridgehead atoms. The molecular formula is C11H14ClN3O2. The summed E-state index contributed by atoms with van der Waals surface area (Å²) < 4.78 is 0. The van der Waals surface area contributed by atoms with Gasteiger partial charge in [-0.15, -0.1) is 0 Å². The van der Waals surface area contributed by atoms with E-state index in [9.17, 15) is 4.79 Å². The summed E-state index contributed by atoms with van der Waals surface area (Å²) in [5.41, 5.74) is 0.299. The van der Waals surface area contributed by atoms with Gasteiger partial charge in [0.1, 0.15) is 10.8 Å². The summed E-state index contributed by atoms with van der Waals surface area (Å²) in [6.45, 7) is 1.41. The Morgan fingerprint density at radius 2 is 2.35 bits per heavy atom. The first-order valence-corrected chi connectivity index (χ1v) is 5.96. The van der Waals surface area contributed by atoms with Crippen LogP contribution in [0.25, 0.3) is 0 Å². The fourth-order valence-electron chi connectivity index (χ4n) is 1.98. The second-order valence-corrected chi connectivity index (χ2v) is 4.55. The van der Waals surface area contributed by atoms with Gasteiger partial charge in [-0.2, -0.15) is 0 Å². The van der Waals surface area contributed by atoms with E-state index in [-0.39, 0.29) is 23.6 Å². The van der Waals surface area contributed by atoms with Gasteiger partial charge in [-0.05, 0) is 18.8 Å². The van der Waals surface area contributed by atoms with Crippen molar-refractivity contribution in [3.05, 3.63) is 23.2 Å². The first kappa shape index (κ1) is 12.3. The second kappa shape index (κ2) is 5.42. The zero-order valence-electron chi connectivity index (χ0n) is 9.34. The summed E-state index contributed by atoms with van der Waals surface area (Å²) in [5, 5.41) is 9.39. The summed E-state index contributed by atoms with van der Waals surface area (Å²) in [5.74, 6) is 0.0280. The van der Waals surface area contributed by atoms with E-state index in [0.717, 1.165) is 12.8 Å². The maximum atomic E-state index is 12.1. The van der Waals surface area contributed by atoms with E-state index in [1.165, 1.54) is 12.4 Å². The molecular weight excluding hydrogens is 242 g/mol. The largest absolute Gasteiger partial charge is 0.396 e. The molecule has 1 aromatic heterocycles. The van der Waals surface area contributed by atoms with Crippen LogP contribution in [0.1, 0.15) is 23.3 Å². The third-order valence-electron chi connectivity index (χ3n) is 2.90. The van der Waals surface area contributed by atoms with Gasteiger partial charge in [0.05, 0.1) is 12.4 Å². The van der Waals surface area contributed by atoms with Crippen molar-refractivity contribution in [3.63, 3.8) is 0 Å². The lowest BCUT2D eigenvalue weighted by Gasteiger charge is -2.31. The van der Waals surface area contributed by atoms with Crippen LogP contribution < -0.4 is 0 Å². The number of aromatic nitrogens is 2. The van der Waals surface area contributed by atoms with E-state index in [4.69, 9.17) is 16.7 Å². The zero-order valence-corrected chi connectivity index (χ0v) is 10.1. The van der Waals surface area contributed by atoms with Crippen LogP contribution in [0, 0.1) is 5.92 Å². The van der Waals surface area contributed by atoms with Gasteiger partial charge in [0.15, 0.2) is 0 Å². The minimum atomic E-state index is -0.146. The minimum absolute atomic E-state index is 0.121. The molecule has 6 heteroatoms. The molecule has 1 aliphatic heterocycles. The first-order valence-electron chi connectivity index (χ1n) is 5.58. The van der Waals surface area contributed by atoms with Crippen LogP contribution in [0.3, 0.4) is 0 Å². The molecule has 1 atom stereocenters. The molecule has 0 aliphatic carbocycles. The molecule has 17 heavy (non-hydrogen) atoms. The van der Waals surface area contributed by atoms with Gasteiger partial charge in [0.2, 0.25) is 0 Å². The number of halogens is 1. The van der Waals surface area contributed by atoms with Crippen LogP contribution in [-0.2, 0) is 0 Å². The molecule has 92 valence electrons. The number of piperidine rings is 1. The Bertz CT molecular complexity index is 396. The van der Waals surface area contributed by atoms with Crippen molar-refractivity contribution < 1.29 is 9.90 Å². The van der Waals surface area contributed by atoms with Gasteiger partial charge < -0.3 is 10.0 Å². The maximum Gasteiger partial charge on any atom is 0.274 e. The van der Waals surface area contributed by atoms with Crippen LogP contribution in [0.15, 0.2) is 12.4 Å². The SMILES string of the molecule is O=C(c1cnc(Cl)cn1)N1CCCC(CO)C1. The summed E-state index contributed by atoms with van der Waals surface area (Å²) in [4.78, 5) is 21.6. The van der Waals surface area contributed by atoms with Crippen LogP contribution in [-0.4, -0.2) is 45.6 Å². The van der Waals surface area contributed by atoms with E-state index in [0.29, 0.717) is 18.8 Å². The number of carbonyl (C=O) groups excluding carboxylic acids is 1. The van der Waals surface area contributed by atoms with E-state index in [1.807, 2.05) is 0 Å². The summed E-state index contributed by atoms with van der Waals surface area (Å²) in [7, 11) is 0. The first-order chi connectivity index (χ1) is 8.20. The number of nitrogens with zero attached hydrogens (tertiary/aromatic N) is 3. The van der Waals surface area contributed by atoms with Crippen LogP contribution in [0.5, 0.6) is 0 Å². The number of amides is 1. The molecule has 0 aromatic carbocycles. The lowest BCUT2D eigenvalue weighted by Crippen LogP contribution is -2.41. The fourth-order valence-corrected chi connectivity index (χ4v) is 2.08. The van der Waals surface area contributed by atoms with Gasteiger partial charge in [0, 0.05) is 19.7 Å². The Labute approximate surface area is 104 Å². The van der Waals surface area contributed by atoms with Gasteiger partial charge in [-0.1, -0.05) is 11.6 Å². The highest BCUT2D eigenvalue weighted by atomic mass is 35.5. The van der Waals surface area contributed by atoms with Crippen molar-refractivity contribution in [2.45, 2.75) is 12.8 Å². The minimum Gasteiger partial charge on any atom is -0.396 e. The third kappa shape index (κ3) is 2.92. The molecule has 1 amide bonds. The van der Waals surface area contributed by atoms with Crippen molar-refractivity contribution in [3.8, 4) is 0 Å². The Hall–Kier alpha value is -1.20. The monoisotopic (exact) mass is 255 g/mol. The van der Waals surface area contributed by atoms with Crippen molar-refractivity contribution in [1.29, 1.82) is 0 Å².